The largest absolute Gasteiger partial charge is 0.322 e. The fourth-order valence-electron chi connectivity index (χ4n) is 2.73. The van der Waals surface area contributed by atoms with Crippen LogP contribution in [-0.2, 0) is 16.1 Å². The number of fused-ring (bicyclic) bond motifs is 1. The first kappa shape index (κ1) is 13.8. The summed E-state index contributed by atoms with van der Waals surface area (Å²) >= 11 is 3.27. The number of nitriles is 1. The van der Waals surface area contributed by atoms with Crippen LogP contribution in [0.2, 0.25) is 0 Å². The van der Waals surface area contributed by atoms with Crippen molar-refractivity contribution in [3.63, 3.8) is 0 Å². The van der Waals surface area contributed by atoms with E-state index in [1.807, 2.05) is 0 Å². The van der Waals surface area contributed by atoms with Gasteiger partial charge in [-0.2, -0.15) is 5.26 Å². The predicted octanol–water partition coefficient (Wildman–Crippen LogP) is 1.08. The van der Waals surface area contributed by atoms with Gasteiger partial charge in [0.1, 0.15) is 6.04 Å². The average molecular weight is 348 g/mol. The van der Waals surface area contributed by atoms with Crippen molar-refractivity contribution in [3.8, 4) is 6.07 Å². The summed E-state index contributed by atoms with van der Waals surface area (Å²) in [6.45, 7) is 0.219. The minimum atomic E-state index is -0.659. The Morgan fingerprint density at radius 2 is 2.10 bits per heavy atom. The van der Waals surface area contributed by atoms with Crippen LogP contribution in [0.15, 0.2) is 16.6 Å². The van der Waals surface area contributed by atoms with Gasteiger partial charge in [-0.15, -0.1) is 0 Å². The summed E-state index contributed by atoms with van der Waals surface area (Å²) in [6.07, 6.45) is 0.527. The molecule has 0 aromatic heterocycles. The Balaban J connectivity index is 1.96. The number of hydrogen-bond donors (Lipinski definition) is 1. The van der Waals surface area contributed by atoms with Gasteiger partial charge in [-0.05, 0) is 18.6 Å². The lowest BCUT2D eigenvalue weighted by Gasteiger charge is -2.29. The first-order valence-corrected chi connectivity index (χ1v) is 7.17. The molecule has 1 atom stereocenters. The van der Waals surface area contributed by atoms with Crippen molar-refractivity contribution in [1.29, 1.82) is 5.26 Å². The van der Waals surface area contributed by atoms with E-state index < -0.39 is 11.9 Å². The van der Waals surface area contributed by atoms with Gasteiger partial charge in [0.2, 0.25) is 11.8 Å². The normalized spacial score (nSPS) is 21.0. The third-order valence-electron chi connectivity index (χ3n) is 3.74. The van der Waals surface area contributed by atoms with Crippen LogP contribution in [0.25, 0.3) is 0 Å². The van der Waals surface area contributed by atoms with E-state index in [0.717, 1.165) is 0 Å². The zero-order chi connectivity index (χ0) is 15.1. The Hall–Kier alpha value is -2.20. The summed E-state index contributed by atoms with van der Waals surface area (Å²) in [4.78, 5) is 37.0. The van der Waals surface area contributed by atoms with Gasteiger partial charge in [0.15, 0.2) is 0 Å². The maximum absolute atomic E-state index is 12.5. The third-order valence-corrected chi connectivity index (χ3v) is 4.20. The second-order valence-electron chi connectivity index (χ2n) is 4.99. The molecule has 0 spiro atoms. The molecule has 1 fully saturated rings. The van der Waals surface area contributed by atoms with Gasteiger partial charge in [0, 0.05) is 28.6 Å². The second-order valence-corrected chi connectivity index (χ2v) is 5.91. The Bertz CT molecular complexity index is 723. The van der Waals surface area contributed by atoms with Gasteiger partial charge >= 0.3 is 0 Å². The number of nitrogens with one attached hydrogen (secondary N) is 1. The molecule has 1 aromatic rings. The molecule has 2 aliphatic heterocycles. The number of carbonyl (C=O) groups is 3. The summed E-state index contributed by atoms with van der Waals surface area (Å²) < 4.78 is 0.649. The van der Waals surface area contributed by atoms with E-state index in [-0.39, 0.29) is 24.8 Å². The number of amides is 3. The molecule has 1 saturated heterocycles. The van der Waals surface area contributed by atoms with Gasteiger partial charge in [-0.3, -0.25) is 19.7 Å². The topological polar surface area (TPSA) is 90.3 Å². The number of halogens is 1. The van der Waals surface area contributed by atoms with Gasteiger partial charge in [0.05, 0.1) is 11.6 Å². The number of hydrogen-bond acceptors (Lipinski definition) is 4. The first-order valence-electron chi connectivity index (χ1n) is 6.38. The summed E-state index contributed by atoms with van der Waals surface area (Å²) in [5.41, 5.74) is 1.49. The third kappa shape index (κ3) is 2.21. The molecule has 0 bridgehead atoms. The van der Waals surface area contributed by atoms with Crippen molar-refractivity contribution in [2.24, 2.45) is 0 Å². The van der Waals surface area contributed by atoms with E-state index in [2.05, 4.69) is 27.3 Å². The van der Waals surface area contributed by atoms with Crippen LogP contribution in [0.5, 0.6) is 0 Å². The van der Waals surface area contributed by atoms with Crippen LogP contribution in [0.3, 0.4) is 0 Å². The lowest BCUT2D eigenvalue weighted by atomic mass is 10.0. The molecule has 2 aliphatic rings. The molecule has 1 N–H and O–H groups in total. The highest BCUT2D eigenvalue weighted by atomic mass is 79.9. The molecular formula is C14H10BrN3O3. The van der Waals surface area contributed by atoms with E-state index in [1.54, 1.807) is 12.1 Å². The number of benzene rings is 1. The average Bonchev–Trinajstić information content (AvgIpc) is 2.76. The number of nitrogens with zero attached hydrogens (tertiary/aromatic N) is 2. The van der Waals surface area contributed by atoms with Crippen LogP contribution in [0.1, 0.15) is 34.3 Å². The van der Waals surface area contributed by atoms with E-state index in [1.165, 1.54) is 4.90 Å². The fourth-order valence-corrected chi connectivity index (χ4v) is 3.18. The van der Waals surface area contributed by atoms with E-state index in [9.17, 15) is 19.6 Å². The zero-order valence-corrected chi connectivity index (χ0v) is 12.4. The summed E-state index contributed by atoms with van der Waals surface area (Å²) in [6, 6.07) is 4.72. The molecule has 7 heteroatoms. The molecule has 3 rings (SSSR count). The summed E-state index contributed by atoms with van der Waals surface area (Å²) in [5.74, 6) is -1.05. The highest BCUT2D eigenvalue weighted by Gasteiger charge is 2.40. The van der Waals surface area contributed by atoms with E-state index in [0.29, 0.717) is 27.6 Å². The molecule has 6 nitrogen and oxygen atoms in total. The molecule has 0 saturated carbocycles. The monoisotopic (exact) mass is 347 g/mol. The van der Waals surface area contributed by atoms with Crippen LogP contribution in [-0.4, -0.2) is 28.7 Å². The van der Waals surface area contributed by atoms with Crippen LogP contribution < -0.4 is 5.32 Å². The predicted molar refractivity (Wildman–Crippen MR) is 74.9 cm³/mol. The van der Waals surface area contributed by atoms with Crippen molar-refractivity contribution in [3.05, 3.63) is 33.3 Å². The standard InChI is InChI=1S/C14H10BrN3O3/c15-8-3-7(5-16)10-6-18(14(21)9(10)4-8)11-1-2-12(19)17-13(11)20/h3-4,11H,1-2,6H2,(H,17,19,20). The molecule has 0 aliphatic carbocycles. The lowest BCUT2D eigenvalue weighted by Crippen LogP contribution is -2.52. The maximum Gasteiger partial charge on any atom is 0.255 e. The Morgan fingerprint density at radius 3 is 2.76 bits per heavy atom. The smallest absolute Gasteiger partial charge is 0.255 e. The fraction of sp³-hybridized carbons (Fsp3) is 0.286. The van der Waals surface area contributed by atoms with Crippen LogP contribution in [0, 0.1) is 11.3 Å². The Labute approximate surface area is 128 Å². The minimum Gasteiger partial charge on any atom is -0.322 e. The summed E-state index contributed by atoms with van der Waals surface area (Å²) in [7, 11) is 0. The number of carbonyl (C=O) groups excluding carboxylic acids is 3. The zero-order valence-electron chi connectivity index (χ0n) is 10.9. The maximum atomic E-state index is 12.5. The van der Waals surface area contributed by atoms with Crippen molar-refractivity contribution in [2.45, 2.75) is 25.4 Å². The SMILES string of the molecule is N#Cc1cc(Br)cc2c1CN(C1CCC(=O)NC1=O)C2=O. The number of rotatable bonds is 1. The highest BCUT2D eigenvalue weighted by molar-refractivity contribution is 9.10. The van der Waals surface area contributed by atoms with Gasteiger partial charge < -0.3 is 4.90 Å². The first-order chi connectivity index (χ1) is 10.0. The molecule has 3 amide bonds. The van der Waals surface area contributed by atoms with Crippen LogP contribution >= 0.6 is 15.9 Å². The summed E-state index contributed by atoms with van der Waals surface area (Å²) in [5, 5.41) is 11.4. The van der Waals surface area contributed by atoms with E-state index >= 15 is 0 Å². The van der Waals surface area contributed by atoms with Crippen molar-refractivity contribution >= 4 is 33.7 Å². The highest BCUT2D eigenvalue weighted by Crippen LogP contribution is 2.31. The molecule has 106 valence electrons. The van der Waals surface area contributed by atoms with Crippen LogP contribution in [0.4, 0.5) is 0 Å². The Kier molecular flexibility index (Phi) is 3.26. The molecule has 0 radical (unpaired) electrons. The molecule has 2 heterocycles. The molecule has 1 aromatic carbocycles. The van der Waals surface area contributed by atoms with Gasteiger partial charge in [0.25, 0.3) is 5.91 Å². The number of piperidine rings is 1. The van der Waals surface area contributed by atoms with Gasteiger partial charge in [-0.25, -0.2) is 0 Å². The minimum absolute atomic E-state index is 0.214. The van der Waals surface area contributed by atoms with Crippen molar-refractivity contribution in [2.75, 3.05) is 0 Å². The molecular weight excluding hydrogens is 338 g/mol. The molecule has 21 heavy (non-hydrogen) atoms. The van der Waals surface area contributed by atoms with Crippen molar-refractivity contribution < 1.29 is 14.4 Å². The Morgan fingerprint density at radius 1 is 1.33 bits per heavy atom. The quantitative estimate of drug-likeness (QED) is 0.769. The van der Waals surface area contributed by atoms with Crippen molar-refractivity contribution in [1.82, 2.24) is 10.2 Å². The number of imide groups is 1. The van der Waals surface area contributed by atoms with Gasteiger partial charge in [-0.1, -0.05) is 15.9 Å². The van der Waals surface area contributed by atoms with E-state index in [4.69, 9.17) is 0 Å². The second kappa shape index (κ2) is 4.97. The molecule has 1 unspecified atom stereocenters. The lowest BCUT2D eigenvalue weighted by molar-refractivity contribution is -0.136.